The standard InChI is InChI=1S/C23H19N3/c1-16-13-14-20(17(2)15-16)23-25-21(18-9-5-3-6-10-18)24-22(26-23)19-11-7-4-8-12-19/h3-15H,1-2H3. The maximum Gasteiger partial charge on any atom is 0.164 e. The molecular formula is C23H19N3. The summed E-state index contributed by atoms with van der Waals surface area (Å²) in [5.74, 6) is 2.08. The van der Waals surface area contributed by atoms with E-state index in [1.165, 1.54) is 5.56 Å². The molecule has 0 unspecified atom stereocenters. The predicted molar refractivity (Wildman–Crippen MR) is 106 cm³/mol. The Kier molecular flexibility index (Phi) is 4.28. The van der Waals surface area contributed by atoms with Crippen LogP contribution in [-0.2, 0) is 0 Å². The largest absolute Gasteiger partial charge is 0.208 e. The first-order valence-electron chi connectivity index (χ1n) is 8.65. The van der Waals surface area contributed by atoms with Gasteiger partial charge in [-0.05, 0) is 19.4 Å². The fourth-order valence-electron chi connectivity index (χ4n) is 2.99. The molecule has 0 aliphatic rings. The van der Waals surface area contributed by atoms with Gasteiger partial charge in [0.05, 0.1) is 0 Å². The van der Waals surface area contributed by atoms with Crippen LogP contribution in [0.15, 0.2) is 78.9 Å². The lowest BCUT2D eigenvalue weighted by molar-refractivity contribution is 1.07. The van der Waals surface area contributed by atoms with Gasteiger partial charge in [-0.2, -0.15) is 0 Å². The van der Waals surface area contributed by atoms with E-state index in [9.17, 15) is 0 Å². The van der Waals surface area contributed by atoms with Crippen molar-refractivity contribution in [1.29, 1.82) is 0 Å². The summed E-state index contributed by atoms with van der Waals surface area (Å²) < 4.78 is 0. The summed E-state index contributed by atoms with van der Waals surface area (Å²) >= 11 is 0. The van der Waals surface area contributed by atoms with E-state index in [0.29, 0.717) is 17.5 Å². The fraction of sp³-hybridized carbons (Fsp3) is 0.0870. The predicted octanol–water partition coefficient (Wildman–Crippen LogP) is 5.49. The second-order valence-corrected chi connectivity index (χ2v) is 6.36. The van der Waals surface area contributed by atoms with E-state index < -0.39 is 0 Å². The minimum atomic E-state index is 0.689. The van der Waals surface area contributed by atoms with Crippen molar-refractivity contribution in [2.75, 3.05) is 0 Å². The first-order valence-corrected chi connectivity index (χ1v) is 8.65. The minimum absolute atomic E-state index is 0.689. The number of nitrogens with zero attached hydrogens (tertiary/aromatic N) is 3. The van der Waals surface area contributed by atoms with Crippen LogP contribution in [0.1, 0.15) is 11.1 Å². The van der Waals surface area contributed by atoms with Crippen LogP contribution < -0.4 is 0 Å². The maximum atomic E-state index is 4.77. The van der Waals surface area contributed by atoms with Crippen molar-refractivity contribution in [2.24, 2.45) is 0 Å². The SMILES string of the molecule is Cc1ccc(-c2nc(-c3ccccc3)nc(-c3ccccc3)n2)c(C)c1. The van der Waals surface area contributed by atoms with Crippen LogP contribution in [0.25, 0.3) is 34.2 Å². The molecule has 0 spiro atoms. The van der Waals surface area contributed by atoms with Gasteiger partial charge in [0.2, 0.25) is 0 Å². The van der Waals surface area contributed by atoms with Crippen LogP contribution in [0.4, 0.5) is 0 Å². The van der Waals surface area contributed by atoms with Gasteiger partial charge < -0.3 is 0 Å². The molecule has 0 saturated heterocycles. The summed E-state index contributed by atoms with van der Waals surface area (Å²) in [5.41, 5.74) is 5.39. The number of hydrogen-bond acceptors (Lipinski definition) is 3. The molecule has 4 rings (SSSR count). The number of rotatable bonds is 3. The molecule has 0 fully saturated rings. The average molecular weight is 337 g/mol. The average Bonchev–Trinajstić information content (AvgIpc) is 2.69. The van der Waals surface area contributed by atoms with Crippen LogP contribution in [0.2, 0.25) is 0 Å². The van der Waals surface area contributed by atoms with E-state index in [0.717, 1.165) is 22.3 Å². The van der Waals surface area contributed by atoms with Crippen molar-refractivity contribution in [3.8, 4) is 34.2 Å². The molecule has 4 aromatic rings. The molecule has 126 valence electrons. The zero-order valence-corrected chi connectivity index (χ0v) is 14.8. The Hall–Kier alpha value is -3.33. The molecule has 0 atom stereocenters. The molecule has 1 heterocycles. The summed E-state index contributed by atoms with van der Waals surface area (Å²) in [5, 5.41) is 0. The summed E-state index contributed by atoms with van der Waals surface area (Å²) in [6, 6.07) is 26.4. The monoisotopic (exact) mass is 337 g/mol. The van der Waals surface area contributed by atoms with E-state index in [4.69, 9.17) is 15.0 Å². The molecule has 3 aromatic carbocycles. The van der Waals surface area contributed by atoms with Crippen molar-refractivity contribution < 1.29 is 0 Å². The van der Waals surface area contributed by atoms with E-state index >= 15 is 0 Å². The Morgan fingerprint density at radius 1 is 0.538 bits per heavy atom. The second-order valence-electron chi connectivity index (χ2n) is 6.36. The van der Waals surface area contributed by atoms with E-state index in [2.05, 4.69) is 32.0 Å². The van der Waals surface area contributed by atoms with Crippen molar-refractivity contribution in [1.82, 2.24) is 15.0 Å². The maximum absolute atomic E-state index is 4.77. The van der Waals surface area contributed by atoms with Gasteiger partial charge >= 0.3 is 0 Å². The Bertz CT molecular complexity index is 984. The zero-order valence-electron chi connectivity index (χ0n) is 14.8. The van der Waals surface area contributed by atoms with Gasteiger partial charge in [0.15, 0.2) is 17.5 Å². The zero-order chi connectivity index (χ0) is 17.9. The minimum Gasteiger partial charge on any atom is -0.208 e. The number of aromatic nitrogens is 3. The van der Waals surface area contributed by atoms with Gasteiger partial charge in [0.1, 0.15) is 0 Å². The molecule has 0 radical (unpaired) electrons. The Balaban J connectivity index is 1.94. The third-order valence-electron chi connectivity index (χ3n) is 4.32. The van der Waals surface area contributed by atoms with Crippen LogP contribution in [0.3, 0.4) is 0 Å². The van der Waals surface area contributed by atoms with Crippen molar-refractivity contribution in [2.45, 2.75) is 13.8 Å². The molecule has 0 N–H and O–H groups in total. The lowest BCUT2D eigenvalue weighted by Crippen LogP contribution is -2.01. The highest BCUT2D eigenvalue weighted by Gasteiger charge is 2.13. The highest BCUT2D eigenvalue weighted by atomic mass is 15.0. The van der Waals surface area contributed by atoms with Crippen molar-refractivity contribution >= 4 is 0 Å². The molecular weight excluding hydrogens is 318 g/mol. The molecule has 0 saturated carbocycles. The van der Waals surface area contributed by atoms with Gasteiger partial charge in [0, 0.05) is 16.7 Å². The summed E-state index contributed by atoms with van der Waals surface area (Å²) in [6.07, 6.45) is 0. The van der Waals surface area contributed by atoms with Gasteiger partial charge in [0.25, 0.3) is 0 Å². The lowest BCUT2D eigenvalue weighted by atomic mass is 10.0. The Labute approximate surface area is 153 Å². The molecule has 0 aliphatic heterocycles. The third kappa shape index (κ3) is 3.24. The third-order valence-corrected chi connectivity index (χ3v) is 4.32. The number of benzene rings is 3. The smallest absolute Gasteiger partial charge is 0.164 e. The highest BCUT2D eigenvalue weighted by molar-refractivity contribution is 5.68. The van der Waals surface area contributed by atoms with Crippen LogP contribution in [-0.4, -0.2) is 15.0 Å². The van der Waals surface area contributed by atoms with Gasteiger partial charge in [-0.25, -0.2) is 15.0 Å². The Morgan fingerprint density at radius 2 is 1.04 bits per heavy atom. The van der Waals surface area contributed by atoms with Crippen LogP contribution in [0.5, 0.6) is 0 Å². The van der Waals surface area contributed by atoms with E-state index in [1.807, 2.05) is 60.7 Å². The normalized spacial score (nSPS) is 10.7. The summed E-state index contributed by atoms with van der Waals surface area (Å²) in [7, 11) is 0. The first-order chi connectivity index (χ1) is 12.7. The number of aryl methyl sites for hydroxylation is 2. The molecule has 3 heteroatoms. The number of hydrogen-bond donors (Lipinski definition) is 0. The second kappa shape index (κ2) is 6.89. The molecule has 0 amide bonds. The Morgan fingerprint density at radius 3 is 1.54 bits per heavy atom. The molecule has 1 aromatic heterocycles. The fourth-order valence-corrected chi connectivity index (χ4v) is 2.99. The highest BCUT2D eigenvalue weighted by Crippen LogP contribution is 2.26. The van der Waals surface area contributed by atoms with Crippen molar-refractivity contribution in [3.63, 3.8) is 0 Å². The summed E-state index contributed by atoms with van der Waals surface area (Å²) in [6.45, 7) is 4.19. The molecule has 0 aliphatic carbocycles. The lowest BCUT2D eigenvalue weighted by Gasteiger charge is -2.10. The van der Waals surface area contributed by atoms with E-state index in [-0.39, 0.29) is 0 Å². The topological polar surface area (TPSA) is 38.7 Å². The van der Waals surface area contributed by atoms with Gasteiger partial charge in [-0.15, -0.1) is 0 Å². The van der Waals surface area contributed by atoms with Crippen LogP contribution >= 0.6 is 0 Å². The van der Waals surface area contributed by atoms with Gasteiger partial charge in [-0.1, -0.05) is 84.4 Å². The summed E-state index contributed by atoms with van der Waals surface area (Å²) in [4.78, 5) is 14.3. The molecule has 3 nitrogen and oxygen atoms in total. The van der Waals surface area contributed by atoms with Crippen molar-refractivity contribution in [3.05, 3.63) is 90.0 Å². The van der Waals surface area contributed by atoms with Crippen LogP contribution in [0, 0.1) is 13.8 Å². The molecule has 26 heavy (non-hydrogen) atoms. The first kappa shape index (κ1) is 16.2. The quantitative estimate of drug-likeness (QED) is 0.496. The van der Waals surface area contributed by atoms with E-state index in [1.54, 1.807) is 0 Å². The molecule has 0 bridgehead atoms. The van der Waals surface area contributed by atoms with Gasteiger partial charge in [-0.3, -0.25) is 0 Å².